The lowest BCUT2D eigenvalue weighted by molar-refractivity contribution is 0.794. The average Bonchev–Trinajstić information content (AvgIpc) is 4.09. The van der Waals surface area contributed by atoms with E-state index in [-0.39, 0.29) is 0 Å². The Bertz CT molecular complexity index is 3760. The summed E-state index contributed by atoms with van der Waals surface area (Å²) in [5, 5.41) is 2.47. The second kappa shape index (κ2) is 17.9. The van der Waals surface area contributed by atoms with Gasteiger partial charge >= 0.3 is 0 Å². The van der Waals surface area contributed by atoms with Crippen LogP contribution in [0.4, 0.5) is 51.2 Å². The minimum absolute atomic E-state index is 0.692. The topological polar surface area (TPSA) is 9.72 Å². The van der Waals surface area contributed by atoms with E-state index in [4.69, 9.17) is 0 Å². The van der Waals surface area contributed by atoms with Gasteiger partial charge in [0.25, 0.3) is 0 Å². The molecule has 12 aromatic carbocycles. The summed E-state index contributed by atoms with van der Waals surface area (Å²) in [4.78, 5) is 7.17. The van der Waals surface area contributed by atoms with Crippen molar-refractivity contribution in [3.8, 4) is 33.4 Å². The maximum absolute atomic E-state index is 2.51. The van der Waals surface area contributed by atoms with Gasteiger partial charge in [-0.2, -0.15) is 0 Å². The summed E-state index contributed by atoms with van der Waals surface area (Å²) in [6.07, 6.45) is 0. The highest BCUT2D eigenvalue weighted by molar-refractivity contribution is 6.00. The van der Waals surface area contributed by atoms with Gasteiger partial charge in [0.15, 0.2) is 0 Å². The molecule has 3 nitrogen and oxygen atoms in total. The lowest BCUT2D eigenvalue weighted by Crippen LogP contribution is -2.26. The molecule has 0 unspecified atom stereocenters. The van der Waals surface area contributed by atoms with Gasteiger partial charge < -0.3 is 14.7 Å². The lowest BCUT2D eigenvalue weighted by Gasteiger charge is -2.33. The zero-order valence-electron chi connectivity index (χ0n) is 40.6. The number of hydrogen-bond donors (Lipinski definition) is 0. The molecule has 0 heterocycles. The van der Waals surface area contributed by atoms with Crippen molar-refractivity contribution in [2.24, 2.45) is 0 Å². The molecule has 0 fully saturated rings. The van der Waals surface area contributed by atoms with Crippen LogP contribution in [-0.2, 0) is 5.41 Å². The van der Waals surface area contributed by atoms with E-state index in [0.717, 1.165) is 51.2 Å². The molecular formula is C71H49N3. The molecule has 0 saturated heterocycles. The second-order valence-electron chi connectivity index (χ2n) is 19.3. The third-order valence-corrected chi connectivity index (χ3v) is 15.2. The number of nitrogens with zero attached hydrogens (tertiary/aromatic N) is 3. The molecule has 348 valence electrons. The fourth-order valence-corrected chi connectivity index (χ4v) is 12.0. The molecule has 0 bridgehead atoms. The SMILES string of the molecule is c1ccc(N(c2ccccc2)c2ccc3c(c2)-c2cc(N(c4ccccc4)c4ccccc4)ccc2C32c3cc(-c4ccc5ccccc5c4)ccc3-c3ccc(N(c4ccccc4)c4ccccc4)cc32)cc1. The van der Waals surface area contributed by atoms with Gasteiger partial charge in [0.1, 0.15) is 0 Å². The van der Waals surface area contributed by atoms with Crippen molar-refractivity contribution in [3.63, 3.8) is 0 Å². The summed E-state index contributed by atoms with van der Waals surface area (Å²) in [5.74, 6) is 0. The highest BCUT2D eigenvalue weighted by Crippen LogP contribution is 2.65. The normalized spacial score (nSPS) is 12.4. The van der Waals surface area contributed by atoms with E-state index in [0.29, 0.717) is 0 Å². The van der Waals surface area contributed by atoms with Gasteiger partial charge in [-0.15, -0.1) is 0 Å². The van der Waals surface area contributed by atoms with Crippen molar-refractivity contribution in [2.75, 3.05) is 14.7 Å². The molecule has 0 atom stereocenters. The molecule has 2 aliphatic rings. The monoisotopic (exact) mass is 943 g/mol. The minimum Gasteiger partial charge on any atom is -0.310 e. The van der Waals surface area contributed by atoms with Crippen molar-refractivity contribution in [2.45, 2.75) is 5.41 Å². The summed E-state index contributed by atoms with van der Waals surface area (Å²) in [5.41, 5.74) is 21.6. The first-order valence-corrected chi connectivity index (χ1v) is 25.5. The minimum atomic E-state index is -0.692. The van der Waals surface area contributed by atoms with E-state index in [2.05, 4.69) is 312 Å². The first-order chi connectivity index (χ1) is 36.7. The van der Waals surface area contributed by atoms with Gasteiger partial charge in [0.05, 0.1) is 5.41 Å². The Balaban J connectivity index is 1.07. The van der Waals surface area contributed by atoms with Crippen LogP contribution in [0.1, 0.15) is 22.3 Å². The number of hydrogen-bond acceptors (Lipinski definition) is 3. The van der Waals surface area contributed by atoms with Crippen molar-refractivity contribution < 1.29 is 0 Å². The Labute approximate surface area is 432 Å². The second-order valence-corrected chi connectivity index (χ2v) is 19.3. The molecule has 0 saturated carbocycles. The van der Waals surface area contributed by atoms with Crippen LogP contribution >= 0.6 is 0 Å². The van der Waals surface area contributed by atoms with E-state index >= 15 is 0 Å². The van der Waals surface area contributed by atoms with Crippen LogP contribution in [0.2, 0.25) is 0 Å². The van der Waals surface area contributed by atoms with Gasteiger partial charge in [-0.1, -0.05) is 176 Å². The molecule has 1 spiro atoms. The predicted molar refractivity (Wildman–Crippen MR) is 310 cm³/mol. The lowest BCUT2D eigenvalue weighted by atomic mass is 9.70. The van der Waals surface area contributed by atoms with Crippen molar-refractivity contribution in [1.82, 2.24) is 0 Å². The summed E-state index contributed by atoms with van der Waals surface area (Å²) in [6, 6.07) is 109. The highest BCUT2D eigenvalue weighted by Gasteiger charge is 2.52. The third-order valence-electron chi connectivity index (χ3n) is 15.2. The molecule has 74 heavy (non-hydrogen) atoms. The van der Waals surface area contributed by atoms with Crippen LogP contribution < -0.4 is 14.7 Å². The molecule has 0 aliphatic heterocycles. The molecule has 14 rings (SSSR count). The molecule has 2 aliphatic carbocycles. The fraction of sp³-hybridized carbons (Fsp3) is 0.0141. The summed E-state index contributed by atoms with van der Waals surface area (Å²) in [7, 11) is 0. The van der Waals surface area contributed by atoms with E-state index < -0.39 is 5.41 Å². The first-order valence-electron chi connectivity index (χ1n) is 25.5. The quantitative estimate of drug-likeness (QED) is 0.135. The van der Waals surface area contributed by atoms with Gasteiger partial charge in [-0.3, -0.25) is 0 Å². The van der Waals surface area contributed by atoms with Crippen LogP contribution in [0.5, 0.6) is 0 Å². The fourth-order valence-electron chi connectivity index (χ4n) is 12.0. The van der Waals surface area contributed by atoms with Gasteiger partial charge in [-0.25, -0.2) is 0 Å². The van der Waals surface area contributed by atoms with Crippen LogP contribution in [-0.4, -0.2) is 0 Å². The van der Waals surface area contributed by atoms with Crippen LogP contribution in [0.15, 0.2) is 297 Å². The number of fused-ring (bicyclic) bond motifs is 11. The molecule has 0 aromatic heterocycles. The zero-order valence-corrected chi connectivity index (χ0v) is 40.6. The number of rotatable bonds is 10. The summed E-state index contributed by atoms with van der Waals surface area (Å²) in [6.45, 7) is 0. The Kier molecular flexibility index (Phi) is 10.4. The Morgan fingerprint density at radius 2 is 0.514 bits per heavy atom. The molecule has 3 heteroatoms. The van der Waals surface area contributed by atoms with Crippen molar-refractivity contribution in [3.05, 3.63) is 320 Å². The Morgan fingerprint density at radius 3 is 0.946 bits per heavy atom. The van der Waals surface area contributed by atoms with Gasteiger partial charge in [-0.05, 0) is 188 Å². The molecular weight excluding hydrogens is 895 g/mol. The van der Waals surface area contributed by atoms with Crippen LogP contribution in [0.25, 0.3) is 44.2 Å². The molecule has 0 amide bonds. The maximum atomic E-state index is 2.51. The van der Waals surface area contributed by atoms with E-state index in [1.165, 1.54) is 66.4 Å². The third kappa shape index (κ3) is 7.04. The largest absolute Gasteiger partial charge is 0.310 e. The predicted octanol–water partition coefficient (Wildman–Crippen LogP) is 19.3. The Morgan fingerprint density at radius 1 is 0.189 bits per heavy atom. The van der Waals surface area contributed by atoms with Crippen LogP contribution in [0.3, 0.4) is 0 Å². The van der Waals surface area contributed by atoms with E-state index in [1.54, 1.807) is 0 Å². The van der Waals surface area contributed by atoms with Crippen LogP contribution in [0, 0.1) is 0 Å². The van der Waals surface area contributed by atoms with Crippen molar-refractivity contribution in [1.29, 1.82) is 0 Å². The standard InChI is InChI=1S/C71H49N3/c1-7-23-54(24-8-1)72(55-25-9-2-10-26-55)60-39-43-67-65(47-60)66-48-61(73(56-27-11-3-12-28-56)57-29-13-4-14-30-57)40-44-68(66)71(67)69-46-53(52-36-35-50-21-19-20-22-51(50)45-52)37-41-63(69)64-42-38-62(49-70(64)71)74(58-31-15-5-16-32-58)59-33-17-6-18-34-59/h1-49H. The smallest absolute Gasteiger partial charge is 0.0726 e. The zero-order chi connectivity index (χ0) is 49.0. The molecule has 0 radical (unpaired) electrons. The Hall–Kier alpha value is -9.70. The average molecular weight is 944 g/mol. The first kappa shape index (κ1) is 43.1. The number of benzene rings is 12. The number of anilines is 9. The van der Waals surface area contributed by atoms with E-state index in [1.807, 2.05) is 0 Å². The number of para-hydroxylation sites is 6. The highest BCUT2D eigenvalue weighted by atomic mass is 15.2. The maximum Gasteiger partial charge on any atom is 0.0726 e. The van der Waals surface area contributed by atoms with E-state index in [9.17, 15) is 0 Å². The summed E-state index contributed by atoms with van der Waals surface area (Å²) < 4.78 is 0. The van der Waals surface area contributed by atoms with Crippen molar-refractivity contribution >= 4 is 62.0 Å². The molecule has 12 aromatic rings. The van der Waals surface area contributed by atoms with Gasteiger partial charge in [0, 0.05) is 51.2 Å². The van der Waals surface area contributed by atoms with Gasteiger partial charge in [0.2, 0.25) is 0 Å². The summed E-state index contributed by atoms with van der Waals surface area (Å²) >= 11 is 0. The molecule has 0 N–H and O–H groups in total.